The van der Waals surface area contributed by atoms with Crippen LogP contribution in [0.3, 0.4) is 0 Å². The van der Waals surface area contributed by atoms with Crippen molar-refractivity contribution in [3.05, 3.63) is 54.1 Å². The minimum absolute atomic E-state index is 0.156. The fraction of sp³-hybridized carbons (Fsp3) is 0.440. The van der Waals surface area contributed by atoms with E-state index < -0.39 is 5.41 Å². The topological polar surface area (TPSA) is 74.6 Å². The van der Waals surface area contributed by atoms with Crippen molar-refractivity contribution in [1.82, 2.24) is 4.90 Å². The van der Waals surface area contributed by atoms with Crippen LogP contribution in [0.4, 0.5) is 10.5 Å². The van der Waals surface area contributed by atoms with Crippen molar-refractivity contribution in [2.24, 2.45) is 0 Å². The van der Waals surface area contributed by atoms with Crippen LogP contribution in [0.2, 0.25) is 0 Å². The van der Waals surface area contributed by atoms with Crippen molar-refractivity contribution in [3.8, 4) is 17.6 Å². The summed E-state index contributed by atoms with van der Waals surface area (Å²) in [5.74, 6) is 1.34. The molecular weight excluding hydrogens is 390 g/mol. The molecule has 1 saturated heterocycles. The van der Waals surface area contributed by atoms with Crippen LogP contribution >= 0.6 is 0 Å². The number of benzene rings is 2. The fourth-order valence-corrected chi connectivity index (χ4v) is 4.55. The maximum atomic E-state index is 12.9. The van der Waals surface area contributed by atoms with E-state index in [2.05, 4.69) is 11.4 Å². The molecule has 162 valence electrons. The Bertz CT molecular complexity index is 940. The third-order valence-corrected chi connectivity index (χ3v) is 6.46. The maximum Gasteiger partial charge on any atom is 0.321 e. The lowest BCUT2D eigenvalue weighted by Gasteiger charge is -2.37. The third kappa shape index (κ3) is 4.61. The van der Waals surface area contributed by atoms with Gasteiger partial charge in [-0.15, -0.1) is 0 Å². The molecule has 0 spiro atoms. The van der Waals surface area contributed by atoms with E-state index in [1.807, 2.05) is 48.5 Å². The summed E-state index contributed by atoms with van der Waals surface area (Å²) in [6.07, 6.45) is 5.93. The number of nitriles is 1. The van der Waals surface area contributed by atoms with Gasteiger partial charge in [0.05, 0.1) is 24.7 Å². The quantitative estimate of drug-likeness (QED) is 0.731. The molecule has 31 heavy (non-hydrogen) atoms. The van der Waals surface area contributed by atoms with Gasteiger partial charge in [-0.05, 0) is 56.2 Å². The van der Waals surface area contributed by atoms with E-state index in [4.69, 9.17) is 9.47 Å². The first-order valence-corrected chi connectivity index (χ1v) is 11.0. The Morgan fingerprint density at radius 2 is 1.81 bits per heavy atom. The van der Waals surface area contributed by atoms with E-state index in [1.54, 1.807) is 12.0 Å². The number of methoxy groups -OCH3 is 1. The number of rotatable bonds is 5. The number of amides is 2. The lowest BCUT2D eigenvalue weighted by atomic mass is 9.74. The minimum Gasteiger partial charge on any atom is -0.493 e. The van der Waals surface area contributed by atoms with E-state index in [9.17, 15) is 10.1 Å². The number of hydrogen-bond acceptors (Lipinski definition) is 4. The van der Waals surface area contributed by atoms with Gasteiger partial charge in [0.15, 0.2) is 11.5 Å². The van der Waals surface area contributed by atoms with Crippen LogP contribution in [0.5, 0.6) is 11.5 Å². The summed E-state index contributed by atoms with van der Waals surface area (Å²) in [5.41, 5.74) is 1.18. The SMILES string of the molecule is COc1ccc(NC(=O)N2CCC(C#N)(c3ccccc3)CC2)cc1OC1CCCC1. The Hall–Kier alpha value is -3.20. The van der Waals surface area contributed by atoms with E-state index in [0.717, 1.165) is 18.4 Å². The van der Waals surface area contributed by atoms with Crippen LogP contribution in [0.25, 0.3) is 0 Å². The van der Waals surface area contributed by atoms with E-state index >= 15 is 0 Å². The molecule has 6 heteroatoms. The standard InChI is InChI=1S/C25H29N3O3/c1-30-22-12-11-20(17-23(22)31-21-9-5-6-10-21)27-24(29)28-15-13-25(18-26,14-16-28)19-7-3-2-4-8-19/h2-4,7-8,11-12,17,21H,5-6,9-10,13-16H2,1H3,(H,27,29). The summed E-state index contributed by atoms with van der Waals surface area (Å²) in [6.45, 7) is 1.08. The van der Waals surface area contributed by atoms with Gasteiger partial charge in [0.1, 0.15) is 0 Å². The van der Waals surface area contributed by atoms with Gasteiger partial charge in [-0.25, -0.2) is 4.79 Å². The molecule has 1 aliphatic heterocycles. The van der Waals surface area contributed by atoms with Crippen molar-refractivity contribution < 1.29 is 14.3 Å². The van der Waals surface area contributed by atoms with Gasteiger partial charge in [-0.2, -0.15) is 5.26 Å². The highest BCUT2D eigenvalue weighted by molar-refractivity contribution is 5.89. The van der Waals surface area contributed by atoms with E-state index in [0.29, 0.717) is 43.1 Å². The molecule has 2 aliphatic rings. The zero-order valence-electron chi connectivity index (χ0n) is 18.0. The molecular formula is C25H29N3O3. The number of urea groups is 1. The summed E-state index contributed by atoms with van der Waals surface area (Å²) in [7, 11) is 1.62. The highest BCUT2D eigenvalue weighted by atomic mass is 16.5. The molecule has 2 fully saturated rings. The van der Waals surface area contributed by atoms with Crippen molar-refractivity contribution >= 4 is 11.7 Å². The van der Waals surface area contributed by atoms with Crippen LogP contribution in [0.15, 0.2) is 48.5 Å². The zero-order valence-corrected chi connectivity index (χ0v) is 18.0. The van der Waals surface area contributed by atoms with Crippen molar-refractivity contribution in [1.29, 1.82) is 5.26 Å². The summed E-state index contributed by atoms with van der Waals surface area (Å²) in [4.78, 5) is 14.7. The fourth-order valence-electron chi connectivity index (χ4n) is 4.55. The second-order valence-corrected chi connectivity index (χ2v) is 8.37. The summed E-state index contributed by atoms with van der Waals surface area (Å²) in [5, 5.41) is 12.8. The van der Waals surface area contributed by atoms with Crippen molar-refractivity contribution in [3.63, 3.8) is 0 Å². The lowest BCUT2D eigenvalue weighted by molar-refractivity contribution is 0.183. The molecule has 0 radical (unpaired) electrons. The van der Waals surface area contributed by atoms with Gasteiger partial charge in [-0.1, -0.05) is 30.3 Å². The Labute approximate surface area is 183 Å². The third-order valence-electron chi connectivity index (χ3n) is 6.46. The molecule has 2 amide bonds. The van der Waals surface area contributed by atoms with Gasteiger partial charge in [0.25, 0.3) is 0 Å². The second kappa shape index (κ2) is 9.30. The zero-order chi connectivity index (χ0) is 21.7. The molecule has 0 atom stereocenters. The molecule has 0 aromatic heterocycles. The molecule has 0 unspecified atom stereocenters. The number of nitrogens with one attached hydrogen (secondary N) is 1. The van der Waals surface area contributed by atoms with Crippen LogP contribution in [0.1, 0.15) is 44.1 Å². The summed E-state index contributed by atoms with van der Waals surface area (Å²) >= 11 is 0. The molecule has 0 bridgehead atoms. The highest BCUT2D eigenvalue weighted by Gasteiger charge is 2.37. The Balaban J connectivity index is 1.40. The van der Waals surface area contributed by atoms with Gasteiger partial charge in [0.2, 0.25) is 0 Å². The Kier molecular flexibility index (Phi) is 6.31. The van der Waals surface area contributed by atoms with Gasteiger partial charge in [0, 0.05) is 24.8 Å². The summed E-state index contributed by atoms with van der Waals surface area (Å²) < 4.78 is 11.6. The normalized spacial score (nSPS) is 18.3. The molecule has 1 heterocycles. The van der Waals surface area contributed by atoms with Crippen LogP contribution in [0, 0.1) is 11.3 Å². The molecule has 1 aliphatic carbocycles. The molecule has 6 nitrogen and oxygen atoms in total. The monoisotopic (exact) mass is 419 g/mol. The van der Waals surface area contributed by atoms with Gasteiger partial charge in [-0.3, -0.25) is 0 Å². The van der Waals surface area contributed by atoms with Crippen LogP contribution in [-0.4, -0.2) is 37.2 Å². The predicted molar refractivity (Wildman–Crippen MR) is 119 cm³/mol. The highest BCUT2D eigenvalue weighted by Crippen LogP contribution is 2.36. The molecule has 2 aromatic rings. The molecule has 2 aromatic carbocycles. The lowest BCUT2D eigenvalue weighted by Crippen LogP contribution is -2.46. The molecule has 1 saturated carbocycles. The Morgan fingerprint density at radius 1 is 1.10 bits per heavy atom. The van der Waals surface area contributed by atoms with Gasteiger partial charge >= 0.3 is 6.03 Å². The number of piperidine rings is 1. The Morgan fingerprint density at radius 3 is 2.45 bits per heavy atom. The number of carbonyl (C=O) groups is 1. The number of likely N-dealkylation sites (tertiary alicyclic amines) is 1. The number of ether oxygens (including phenoxy) is 2. The van der Waals surface area contributed by atoms with E-state index in [-0.39, 0.29) is 12.1 Å². The largest absolute Gasteiger partial charge is 0.493 e. The first-order chi connectivity index (χ1) is 15.1. The second-order valence-electron chi connectivity index (χ2n) is 8.37. The van der Waals surface area contributed by atoms with Crippen molar-refractivity contribution in [2.45, 2.75) is 50.0 Å². The minimum atomic E-state index is -0.527. The average Bonchev–Trinajstić information content (AvgIpc) is 3.33. The predicted octanol–water partition coefficient (Wildman–Crippen LogP) is 5.11. The van der Waals surface area contributed by atoms with Crippen molar-refractivity contribution in [2.75, 3.05) is 25.5 Å². The number of hydrogen-bond donors (Lipinski definition) is 1. The number of carbonyl (C=O) groups excluding carboxylic acids is 1. The number of anilines is 1. The van der Waals surface area contributed by atoms with E-state index in [1.165, 1.54) is 12.8 Å². The van der Waals surface area contributed by atoms with Gasteiger partial charge < -0.3 is 19.7 Å². The first kappa shape index (κ1) is 21.0. The van der Waals surface area contributed by atoms with Crippen LogP contribution in [-0.2, 0) is 5.41 Å². The van der Waals surface area contributed by atoms with Crippen LogP contribution < -0.4 is 14.8 Å². The molecule has 1 N–H and O–H groups in total. The first-order valence-electron chi connectivity index (χ1n) is 11.0. The average molecular weight is 420 g/mol. The smallest absolute Gasteiger partial charge is 0.321 e. The molecule has 4 rings (SSSR count). The summed E-state index contributed by atoms with van der Waals surface area (Å²) in [6, 6.07) is 17.7. The maximum absolute atomic E-state index is 12.9. The number of nitrogens with zero attached hydrogens (tertiary/aromatic N) is 2.